The molecule has 0 spiro atoms. The van der Waals surface area contributed by atoms with Crippen LogP contribution in [0.4, 0.5) is 0 Å². The molecule has 1 aliphatic rings. The second-order valence-electron chi connectivity index (χ2n) is 5.77. The molecule has 0 aromatic heterocycles. The van der Waals surface area contributed by atoms with Crippen molar-refractivity contribution in [1.29, 1.82) is 0 Å². The molecule has 116 valence electrons. The Balaban J connectivity index is 1.72. The third-order valence-electron chi connectivity index (χ3n) is 4.01. The molecule has 1 saturated heterocycles. The van der Waals surface area contributed by atoms with Gasteiger partial charge in [-0.1, -0.05) is 17.7 Å². The molecule has 1 heterocycles. The minimum Gasteiger partial charge on any atom is -0.493 e. The van der Waals surface area contributed by atoms with Gasteiger partial charge in [0.15, 0.2) is 0 Å². The first-order valence-corrected chi connectivity index (χ1v) is 7.77. The predicted molar refractivity (Wildman–Crippen MR) is 82.3 cm³/mol. The standard InChI is InChI=1S/C17H25NO3/c1-14-4-6-16(7-5-14)21-12-9-17(20)18-10-2-3-15(13-18)8-11-19/h4-7,15,19H,2-3,8-13H2,1H3. The van der Waals surface area contributed by atoms with E-state index in [1.165, 1.54) is 5.56 Å². The molecule has 2 rings (SSSR count). The first kappa shape index (κ1) is 15.8. The van der Waals surface area contributed by atoms with Crippen molar-refractivity contribution in [1.82, 2.24) is 4.90 Å². The molecule has 21 heavy (non-hydrogen) atoms. The molecule has 1 amide bonds. The molecule has 1 unspecified atom stereocenters. The Morgan fingerprint density at radius 2 is 2.14 bits per heavy atom. The fraction of sp³-hybridized carbons (Fsp3) is 0.588. The van der Waals surface area contributed by atoms with Crippen LogP contribution in [0.2, 0.25) is 0 Å². The molecule has 1 fully saturated rings. The van der Waals surface area contributed by atoms with Gasteiger partial charge in [0.1, 0.15) is 5.75 Å². The van der Waals surface area contributed by atoms with E-state index < -0.39 is 0 Å². The SMILES string of the molecule is Cc1ccc(OCCC(=O)N2CCCC(CCO)C2)cc1. The largest absolute Gasteiger partial charge is 0.493 e. The zero-order valence-electron chi connectivity index (χ0n) is 12.8. The van der Waals surface area contributed by atoms with Gasteiger partial charge in [0.05, 0.1) is 13.0 Å². The number of aryl methyl sites for hydroxylation is 1. The van der Waals surface area contributed by atoms with Crippen LogP contribution in [0.25, 0.3) is 0 Å². The van der Waals surface area contributed by atoms with Gasteiger partial charge in [-0.25, -0.2) is 0 Å². The van der Waals surface area contributed by atoms with E-state index in [-0.39, 0.29) is 12.5 Å². The average Bonchev–Trinajstić information content (AvgIpc) is 2.50. The van der Waals surface area contributed by atoms with Gasteiger partial charge in [0.25, 0.3) is 0 Å². The van der Waals surface area contributed by atoms with Gasteiger partial charge in [0, 0.05) is 19.7 Å². The van der Waals surface area contributed by atoms with Crippen LogP contribution in [0.3, 0.4) is 0 Å². The van der Waals surface area contributed by atoms with Crippen LogP contribution in [-0.4, -0.2) is 42.2 Å². The van der Waals surface area contributed by atoms with Gasteiger partial charge in [-0.2, -0.15) is 0 Å². The molecular weight excluding hydrogens is 266 g/mol. The van der Waals surface area contributed by atoms with E-state index in [9.17, 15) is 4.79 Å². The smallest absolute Gasteiger partial charge is 0.226 e. The Hall–Kier alpha value is -1.55. The number of aliphatic hydroxyl groups excluding tert-OH is 1. The third-order valence-corrected chi connectivity index (χ3v) is 4.01. The molecule has 4 nitrogen and oxygen atoms in total. The quantitative estimate of drug-likeness (QED) is 0.875. The van der Waals surface area contributed by atoms with Crippen molar-refractivity contribution in [3.63, 3.8) is 0 Å². The molecule has 1 N–H and O–H groups in total. The lowest BCUT2D eigenvalue weighted by Crippen LogP contribution is -2.40. The van der Waals surface area contributed by atoms with Gasteiger partial charge < -0.3 is 14.7 Å². The van der Waals surface area contributed by atoms with Gasteiger partial charge in [0.2, 0.25) is 5.91 Å². The highest BCUT2D eigenvalue weighted by Crippen LogP contribution is 2.20. The summed E-state index contributed by atoms with van der Waals surface area (Å²) in [5.41, 5.74) is 1.20. The Morgan fingerprint density at radius 3 is 2.86 bits per heavy atom. The van der Waals surface area contributed by atoms with E-state index >= 15 is 0 Å². The second kappa shape index (κ2) is 8.03. The number of ether oxygens (including phenoxy) is 1. The van der Waals surface area contributed by atoms with Crippen molar-refractivity contribution in [2.24, 2.45) is 5.92 Å². The number of carbonyl (C=O) groups is 1. The summed E-state index contributed by atoms with van der Waals surface area (Å²) in [6, 6.07) is 7.86. The molecule has 0 saturated carbocycles. The number of amides is 1. The first-order chi connectivity index (χ1) is 10.2. The predicted octanol–water partition coefficient (Wildman–Crippen LogP) is 2.38. The van der Waals surface area contributed by atoms with Crippen molar-refractivity contribution in [3.8, 4) is 5.75 Å². The maximum absolute atomic E-state index is 12.2. The molecular formula is C17H25NO3. The summed E-state index contributed by atoms with van der Waals surface area (Å²) in [4.78, 5) is 14.1. The van der Waals surface area contributed by atoms with Gasteiger partial charge >= 0.3 is 0 Å². The van der Waals surface area contributed by atoms with Crippen LogP contribution < -0.4 is 4.74 Å². The van der Waals surface area contributed by atoms with E-state index in [4.69, 9.17) is 9.84 Å². The minimum atomic E-state index is 0.157. The zero-order valence-corrected chi connectivity index (χ0v) is 12.8. The molecule has 0 aliphatic carbocycles. The Bertz CT molecular complexity index is 442. The second-order valence-corrected chi connectivity index (χ2v) is 5.77. The summed E-state index contributed by atoms with van der Waals surface area (Å²) in [7, 11) is 0. The van der Waals surface area contributed by atoms with Crippen molar-refractivity contribution in [2.75, 3.05) is 26.3 Å². The lowest BCUT2D eigenvalue weighted by atomic mass is 9.95. The van der Waals surface area contributed by atoms with Crippen molar-refractivity contribution >= 4 is 5.91 Å². The molecule has 1 aliphatic heterocycles. The summed E-state index contributed by atoms with van der Waals surface area (Å²) in [5, 5.41) is 9.01. The Morgan fingerprint density at radius 1 is 1.38 bits per heavy atom. The van der Waals surface area contributed by atoms with E-state index in [1.54, 1.807) is 0 Å². The third kappa shape index (κ3) is 5.05. The van der Waals surface area contributed by atoms with E-state index in [0.717, 1.165) is 38.1 Å². The number of rotatable bonds is 6. The molecule has 1 aromatic carbocycles. The number of benzene rings is 1. The van der Waals surface area contributed by atoms with Crippen molar-refractivity contribution in [2.45, 2.75) is 32.6 Å². The molecule has 0 bridgehead atoms. The number of piperidine rings is 1. The number of hydrogen-bond acceptors (Lipinski definition) is 3. The molecule has 1 aromatic rings. The Labute approximate surface area is 126 Å². The lowest BCUT2D eigenvalue weighted by Gasteiger charge is -2.32. The summed E-state index contributed by atoms with van der Waals surface area (Å²) >= 11 is 0. The molecule has 0 radical (unpaired) electrons. The highest BCUT2D eigenvalue weighted by atomic mass is 16.5. The highest BCUT2D eigenvalue weighted by molar-refractivity contribution is 5.76. The van der Waals surface area contributed by atoms with E-state index in [1.807, 2.05) is 36.1 Å². The number of carbonyl (C=O) groups excluding carboxylic acids is 1. The normalized spacial score (nSPS) is 18.6. The molecule has 1 atom stereocenters. The van der Waals surface area contributed by atoms with Crippen LogP contribution in [-0.2, 0) is 4.79 Å². The fourth-order valence-electron chi connectivity index (χ4n) is 2.76. The maximum Gasteiger partial charge on any atom is 0.226 e. The zero-order chi connectivity index (χ0) is 15.1. The maximum atomic E-state index is 12.2. The topological polar surface area (TPSA) is 49.8 Å². The fourth-order valence-corrected chi connectivity index (χ4v) is 2.76. The van der Waals surface area contributed by atoms with Gasteiger partial charge in [-0.15, -0.1) is 0 Å². The summed E-state index contributed by atoms with van der Waals surface area (Å²) < 4.78 is 5.61. The first-order valence-electron chi connectivity index (χ1n) is 7.77. The van der Waals surface area contributed by atoms with E-state index in [0.29, 0.717) is 18.9 Å². The van der Waals surface area contributed by atoms with Gasteiger partial charge in [-0.05, 0) is 44.2 Å². The lowest BCUT2D eigenvalue weighted by molar-refractivity contribution is -0.133. The average molecular weight is 291 g/mol. The van der Waals surface area contributed by atoms with Gasteiger partial charge in [-0.3, -0.25) is 4.79 Å². The summed E-state index contributed by atoms with van der Waals surface area (Å²) in [5.74, 6) is 1.42. The highest BCUT2D eigenvalue weighted by Gasteiger charge is 2.22. The van der Waals surface area contributed by atoms with E-state index in [2.05, 4.69) is 0 Å². The van der Waals surface area contributed by atoms with Crippen LogP contribution in [0.15, 0.2) is 24.3 Å². The number of likely N-dealkylation sites (tertiary alicyclic amines) is 1. The number of nitrogens with zero attached hydrogens (tertiary/aromatic N) is 1. The summed E-state index contributed by atoms with van der Waals surface area (Å²) in [6.45, 7) is 4.29. The molecule has 4 heteroatoms. The minimum absolute atomic E-state index is 0.157. The van der Waals surface area contributed by atoms with Crippen molar-refractivity contribution < 1.29 is 14.6 Å². The number of hydrogen-bond donors (Lipinski definition) is 1. The van der Waals surface area contributed by atoms with Crippen LogP contribution in [0, 0.1) is 12.8 Å². The number of aliphatic hydroxyl groups is 1. The monoisotopic (exact) mass is 291 g/mol. The Kier molecular flexibility index (Phi) is 6.05. The van der Waals surface area contributed by atoms with Crippen LogP contribution >= 0.6 is 0 Å². The van der Waals surface area contributed by atoms with Crippen LogP contribution in [0.1, 0.15) is 31.2 Å². The van der Waals surface area contributed by atoms with Crippen LogP contribution in [0.5, 0.6) is 5.75 Å². The summed E-state index contributed by atoms with van der Waals surface area (Å²) in [6.07, 6.45) is 3.36. The van der Waals surface area contributed by atoms with Crippen molar-refractivity contribution in [3.05, 3.63) is 29.8 Å².